The Morgan fingerprint density at radius 3 is 2.61 bits per heavy atom. The summed E-state index contributed by atoms with van der Waals surface area (Å²) in [5.74, 6) is 0.832. The van der Waals surface area contributed by atoms with Gasteiger partial charge in [0.25, 0.3) is 5.91 Å². The van der Waals surface area contributed by atoms with Gasteiger partial charge in [0, 0.05) is 32.5 Å². The summed E-state index contributed by atoms with van der Waals surface area (Å²) in [5, 5.41) is 3.34. The number of ether oxygens (including phenoxy) is 1. The minimum Gasteiger partial charge on any atom is -0.496 e. The molecule has 3 rings (SSSR count). The molecule has 144 valence electrons. The van der Waals surface area contributed by atoms with Gasteiger partial charge >= 0.3 is 0 Å². The molecular weight excluding hydrogens is 350 g/mol. The van der Waals surface area contributed by atoms with Crippen LogP contribution < -0.4 is 10.1 Å². The SMILES string of the molecule is COc1ccccc1CCNc1cncc(C(=O)N(C)Cc2ccccc2)c1. The molecule has 0 saturated heterocycles. The van der Waals surface area contributed by atoms with E-state index in [4.69, 9.17) is 4.74 Å². The molecule has 1 heterocycles. The van der Waals surface area contributed by atoms with Crippen LogP contribution in [0.1, 0.15) is 21.5 Å². The third-order valence-corrected chi connectivity index (χ3v) is 4.51. The number of hydrogen-bond donors (Lipinski definition) is 1. The van der Waals surface area contributed by atoms with Crippen molar-refractivity contribution in [2.75, 3.05) is 26.0 Å². The topological polar surface area (TPSA) is 54.5 Å². The fourth-order valence-electron chi connectivity index (χ4n) is 3.05. The zero-order valence-corrected chi connectivity index (χ0v) is 16.3. The van der Waals surface area contributed by atoms with Gasteiger partial charge in [-0.3, -0.25) is 9.78 Å². The number of nitrogens with zero attached hydrogens (tertiary/aromatic N) is 2. The maximum atomic E-state index is 12.7. The minimum absolute atomic E-state index is 0.0512. The van der Waals surface area contributed by atoms with Gasteiger partial charge in [-0.1, -0.05) is 48.5 Å². The molecular formula is C23H25N3O2. The average molecular weight is 375 g/mol. The second-order valence-corrected chi connectivity index (χ2v) is 6.60. The molecule has 0 bridgehead atoms. The first-order chi connectivity index (χ1) is 13.7. The highest BCUT2D eigenvalue weighted by atomic mass is 16.5. The molecule has 1 aromatic heterocycles. The fourth-order valence-corrected chi connectivity index (χ4v) is 3.05. The Labute approximate surface area is 166 Å². The number of anilines is 1. The van der Waals surface area contributed by atoms with E-state index in [0.717, 1.165) is 35.5 Å². The molecule has 0 fully saturated rings. The molecule has 3 aromatic rings. The van der Waals surface area contributed by atoms with Crippen molar-refractivity contribution >= 4 is 11.6 Å². The largest absolute Gasteiger partial charge is 0.496 e. The van der Waals surface area contributed by atoms with Crippen molar-refractivity contribution in [3.8, 4) is 5.75 Å². The molecule has 0 atom stereocenters. The third kappa shape index (κ3) is 5.10. The lowest BCUT2D eigenvalue weighted by atomic mass is 10.1. The van der Waals surface area contributed by atoms with Crippen molar-refractivity contribution in [2.45, 2.75) is 13.0 Å². The lowest BCUT2D eigenvalue weighted by Crippen LogP contribution is -2.26. The molecule has 1 amide bonds. The number of aromatic nitrogens is 1. The Morgan fingerprint density at radius 1 is 1.07 bits per heavy atom. The lowest BCUT2D eigenvalue weighted by Gasteiger charge is -2.17. The highest BCUT2D eigenvalue weighted by Crippen LogP contribution is 2.18. The van der Waals surface area contributed by atoms with Crippen LogP contribution in [0.4, 0.5) is 5.69 Å². The number of carbonyl (C=O) groups excluding carboxylic acids is 1. The molecule has 28 heavy (non-hydrogen) atoms. The zero-order valence-electron chi connectivity index (χ0n) is 16.3. The van der Waals surface area contributed by atoms with Crippen LogP contribution in [0.5, 0.6) is 5.75 Å². The first-order valence-corrected chi connectivity index (χ1v) is 9.27. The van der Waals surface area contributed by atoms with Gasteiger partial charge in [0.05, 0.1) is 18.4 Å². The third-order valence-electron chi connectivity index (χ3n) is 4.51. The van der Waals surface area contributed by atoms with Gasteiger partial charge in [-0.2, -0.15) is 0 Å². The van der Waals surface area contributed by atoms with Gasteiger partial charge in [0.1, 0.15) is 5.75 Å². The van der Waals surface area contributed by atoms with Crippen molar-refractivity contribution in [1.82, 2.24) is 9.88 Å². The van der Waals surface area contributed by atoms with Gasteiger partial charge in [-0.25, -0.2) is 0 Å². The summed E-state index contributed by atoms with van der Waals surface area (Å²) >= 11 is 0. The van der Waals surface area contributed by atoms with Crippen molar-refractivity contribution in [2.24, 2.45) is 0 Å². The fraction of sp³-hybridized carbons (Fsp3) is 0.217. The van der Waals surface area contributed by atoms with Crippen molar-refractivity contribution in [3.63, 3.8) is 0 Å². The molecule has 0 radical (unpaired) electrons. The molecule has 0 saturated carbocycles. The molecule has 5 heteroatoms. The number of para-hydroxylation sites is 1. The highest BCUT2D eigenvalue weighted by molar-refractivity contribution is 5.94. The Balaban J connectivity index is 1.59. The summed E-state index contributed by atoms with van der Waals surface area (Å²) < 4.78 is 5.38. The number of amides is 1. The Kier molecular flexibility index (Phi) is 6.63. The smallest absolute Gasteiger partial charge is 0.255 e. The summed E-state index contributed by atoms with van der Waals surface area (Å²) in [5.41, 5.74) is 3.63. The van der Waals surface area contributed by atoms with Crippen molar-refractivity contribution in [3.05, 3.63) is 89.7 Å². The first kappa shape index (κ1) is 19.4. The van der Waals surface area contributed by atoms with E-state index < -0.39 is 0 Å². The standard InChI is InChI=1S/C23H25N3O2/c1-26(17-18-8-4-3-5-9-18)23(27)20-14-21(16-24-15-20)25-13-12-19-10-6-7-11-22(19)28-2/h3-11,14-16,25H,12-13,17H2,1-2H3. The number of carbonyl (C=O) groups is 1. The maximum Gasteiger partial charge on any atom is 0.255 e. The van der Waals surface area contributed by atoms with Gasteiger partial charge in [0.15, 0.2) is 0 Å². The number of rotatable bonds is 8. The molecule has 2 aromatic carbocycles. The summed E-state index contributed by atoms with van der Waals surface area (Å²) in [6, 6.07) is 19.8. The Morgan fingerprint density at radius 2 is 1.82 bits per heavy atom. The van der Waals surface area contributed by atoms with Gasteiger partial charge < -0.3 is 15.0 Å². The van der Waals surface area contributed by atoms with Crippen molar-refractivity contribution in [1.29, 1.82) is 0 Å². The van der Waals surface area contributed by atoms with Crippen LogP contribution in [0.2, 0.25) is 0 Å². The van der Waals surface area contributed by atoms with Crippen LogP contribution in [-0.2, 0) is 13.0 Å². The predicted octanol–water partition coefficient (Wildman–Crippen LogP) is 4.02. The van der Waals surface area contributed by atoms with E-state index in [1.165, 1.54) is 0 Å². The Hall–Kier alpha value is -3.34. The zero-order chi connectivity index (χ0) is 19.8. The number of pyridine rings is 1. The lowest BCUT2D eigenvalue weighted by molar-refractivity contribution is 0.0784. The Bertz CT molecular complexity index is 912. The quantitative estimate of drug-likeness (QED) is 0.646. The van der Waals surface area contributed by atoms with Crippen LogP contribution in [0.3, 0.4) is 0 Å². The normalized spacial score (nSPS) is 10.4. The van der Waals surface area contributed by atoms with Crippen LogP contribution >= 0.6 is 0 Å². The monoisotopic (exact) mass is 375 g/mol. The number of benzene rings is 2. The van der Waals surface area contributed by atoms with Crippen LogP contribution in [-0.4, -0.2) is 36.5 Å². The number of nitrogens with one attached hydrogen (secondary N) is 1. The summed E-state index contributed by atoms with van der Waals surface area (Å²) in [4.78, 5) is 18.6. The van der Waals surface area contributed by atoms with Crippen LogP contribution in [0.25, 0.3) is 0 Å². The second-order valence-electron chi connectivity index (χ2n) is 6.60. The maximum absolute atomic E-state index is 12.7. The number of methoxy groups -OCH3 is 1. The number of hydrogen-bond acceptors (Lipinski definition) is 4. The summed E-state index contributed by atoms with van der Waals surface area (Å²) in [6.45, 7) is 1.28. The van der Waals surface area contributed by atoms with E-state index in [1.807, 2.05) is 54.6 Å². The van der Waals surface area contributed by atoms with Crippen LogP contribution in [0.15, 0.2) is 73.1 Å². The molecule has 0 unspecified atom stereocenters. The van der Waals surface area contributed by atoms with Gasteiger partial charge in [0.2, 0.25) is 0 Å². The van der Waals surface area contributed by atoms with Crippen molar-refractivity contribution < 1.29 is 9.53 Å². The minimum atomic E-state index is -0.0512. The summed E-state index contributed by atoms with van der Waals surface area (Å²) in [6.07, 6.45) is 4.15. The molecule has 5 nitrogen and oxygen atoms in total. The van der Waals surface area contributed by atoms with E-state index in [-0.39, 0.29) is 5.91 Å². The second kappa shape index (κ2) is 9.55. The molecule has 1 N–H and O–H groups in total. The van der Waals surface area contributed by atoms with Gasteiger partial charge in [-0.05, 0) is 29.7 Å². The molecule has 0 aliphatic rings. The van der Waals surface area contributed by atoms with E-state index in [0.29, 0.717) is 12.1 Å². The van der Waals surface area contributed by atoms with E-state index in [1.54, 1.807) is 31.5 Å². The van der Waals surface area contributed by atoms with E-state index in [9.17, 15) is 4.79 Å². The molecule has 0 aliphatic heterocycles. The van der Waals surface area contributed by atoms with E-state index >= 15 is 0 Å². The van der Waals surface area contributed by atoms with Gasteiger partial charge in [-0.15, -0.1) is 0 Å². The molecule has 0 aliphatic carbocycles. The highest BCUT2D eigenvalue weighted by Gasteiger charge is 2.13. The molecule has 0 spiro atoms. The van der Waals surface area contributed by atoms with E-state index in [2.05, 4.69) is 16.4 Å². The first-order valence-electron chi connectivity index (χ1n) is 9.27. The summed E-state index contributed by atoms with van der Waals surface area (Å²) in [7, 11) is 3.48. The van der Waals surface area contributed by atoms with Crippen LogP contribution in [0, 0.1) is 0 Å². The average Bonchev–Trinajstić information content (AvgIpc) is 2.74. The predicted molar refractivity (Wildman–Crippen MR) is 112 cm³/mol.